The molecule has 0 aliphatic rings. The molecular formula is C18H25NO3S. The van der Waals surface area contributed by atoms with E-state index >= 15 is 0 Å². The molecule has 0 aromatic carbocycles. The van der Waals surface area contributed by atoms with Gasteiger partial charge in [-0.2, -0.15) is 0 Å². The third-order valence-electron chi connectivity index (χ3n) is 3.84. The van der Waals surface area contributed by atoms with Crippen molar-refractivity contribution in [3.8, 4) is 0 Å². The van der Waals surface area contributed by atoms with Crippen molar-refractivity contribution in [1.82, 2.24) is 4.98 Å². The van der Waals surface area contributed by atoms with Gasteiger partial charge in [-0.25, -0.2) is 9.78 Å². The average Bonchev–Trinajstić information content (AvgIpc) is 3.02. The molecule has 2 rings (SSSR count). The highest BCUT2D eigenvalue weighted by Crippen LogP contribution is 2.21. The third kappa shape index (κ3) is 4.93. The third-order valence-corrected chi connectivity index (χ3v) is 4.87. The summed E-state index contributed by atoms with van der Waals surface area (Å²) < 4.78 is 10.7. The van der Waals surface area contributed by atoms with Crippen molar-refractivity contribution < 1.29 is 13.9 Å². The van der Waals surface area contributed by atoms with E-state index < -0.39 is 0 Å². The number of aromatic nitrogens is 1. The standard InChI is InChI=1S/C18H25NO3S/c1-5-21-18(20)17-14(4)23-16(19-17)10-8-6-7-9-15-11-12(2)13(3)22-15/h11H,5-10H2,1-4H3. The number of hydrogen-bond acceptors (Lipinski definition) is 5. The van der Waals surface area contributed by atoms with Crippen molar-refractivity contribution >= 4 is 17.3 Å². The Kier molecular flexibility index (Phi) is 6.39. The fourth-order valence-corrected chi connectivity index (χ4v) is 3.43. The largest absolute Gasteiger partial charge is 0.466 e. The molecule has 23 heavy (non-hydrogen) atoms. The smallest absolute Gasteiger partial charge is 0.358 e. The number of ether oxygens (including phenoxy) is 1. The first-order chi connectivity index (χ1) is 11.0. The second-order valence-corrected chi connectivity index (χ2v) is 7.03. The quantitative estimate of drug-likeness (QED) is 0.514. The molecule has 2 heterocycles. The Morgan fingerprint density at radius 2 is 1.96 bits per heavy atom. The Labute approximate surface area is 141 Å². The first kappa shape index (κ1) is 17.7. The van der Waals surface area contributed by atoms with Gasteiger partial charge in [0.25, 0.3) is 0 Å². The second kappa shape index (κ2) is 8.29. The van der Waals surface area contributed by atoms with Gasteiger partial charge in [0.1, 0.15) is 11.5 Å². The summed E-state index contributed by atoms with van der Waals surface area (Å²) in [5.74, 6) is 1.79. The van der Waals surface area contributed by atoms with E-state index in [-0.39, 0.29) is 5.97 Å². The predicted molar refractivity (Wildman–Crippen MR) is 92.2 cm³/mol. The van der Waals surface area contributed by atoms with Crippen LogP contribution in [0.2, 0.25) is 0 Å². The fraction of sp³-hybridized carbons (Fsp3) is 0.556. The monoisotopic (exact) mass is 335 g/mol. The average molecular weight is 335 g/mol. The summed E-state index contributed by atoms with van der Waals surface area (Å²) >= 11 is 1.60. The molecule has 0 fully saturated rings. The van der Waals surface area contributed by atoms with Crippen LogP contribution in [0.4, 0.5) is 0 Å². The van der Waals surface area contributed by atoms with E-state index in [2.05, 4.69) is 18.0 Å². The van der Waals surface area contributed by atoms with Gasteiger partial charge in [0.15, 0.2) is 5.69 Å². The molecule has 126 valence electrons. The number of thiazole rings is 1. The maximum atomic E-state index is 11.8. The van der Waals surface area contributed by atoms with Gasteiger partial charge in [0.05, 0.1) is 11.6 Å². The van der Waals surface area contributed by atoms with Gasteiger partial charge in [0.2, 0.25) is 0 Å². The molecule has 0 aliphatic heterocycles. The number of unbranched alkanes of at least 4 members (excludes halogenated alkanes) is 2. The molecule has 0 radical (unpaired) electrons. The number of hydrogen-bond donors (Lipinski definition) is 0. The number of furan rings is 1. The van der Waals surface area contributed by atoms with Crippen LogP contribution in [0.25, 0.3) is 0 Å². The van der Waals surface area contributed by atoms with Gasteiger partial charge in [-0.3, -0.25) is 0 Å². The molecule has 0 amide bonds. The van der Waals surface area contributed by atoms with Crippen LogP contribution in [0.5, 0.6) is 0 Å². The highest BCUT2D eigenvalue weighted by Gasteiger charge is 2.16. The molecule has 2 aromatic rings. The van der Waals surface area contributed by atoms with E-state index in [1.54, 1.807) is 11.3 Å². The van der Waals surface area contributed by atoms with Crippen molar-refractivity contribution in [3.05, 3.63) is 38.7 Å². The van der Waals surface area contributed by atoms with Crippen molar-refractivity contribution in [2.45, 2.75) is 59.8 Å². The Morgan fingerprint density at radius 1 is 1.22 bits per heavy atom. The lowest BCUT2D eigenvalue weighted by atomic mass is 10.1. The van der Waals surface area contributed by atoms with Crippen LogP contribution in [-0.2, 0) is 17.6 Å². The van der Waals surface area contributed by atoms with E-state index in [1.807, 2.05) is 20.8 Å². The highest BCUT2D eigenvalue weighted by molar-refractivity contribution is 7.11. The lowest BCUT2D eigenvalue weighted by Crippen LogP contribution is -2.06. The summed E-state index contributed by atoms with van der Waals surface area (Å²) in [5, 5.41) is 1.02. The summed E-state index contributed by atoms with van der Waals surface area (Å²) in [7, 11) is 0. The number of nitrogens with zero attached hydrogens (tertiary/aromatic N) is 1. The lowest BCUT2D eigenvalue weighted by Gasteiger charge is -1.99. The fourth-order valence-electron chi connectivity index (χ4n) is 2.47. The van der Waals surface area contributed by atoms with Crippen LogP contribution >= 0.6 is 11.3 Å². The number of esters is 1. The van der Waals surface area contributed by atoms with Crippen molar-refractivity contribution in [3.63, 3.8) is 0 Å². The summed E-state index contributed by atoms with van der Waals surface area (Å²) in [6.45, 7) is 8.20. The minimum absolute atomic E-state index is 0.309. The SMILES string of the molecule is CCOC(=O)c1nc(CCCCCc2cc(C)c(C)o2)sc1C. The van der Waals surface area contributed by atoms with Crippen LogP contribution < -0.4 is 0 Å². The number of rotatable bonds is 8. The van der Waals surface area contributed by atoms with E-state index in [0.717, 1.165) is 53.5 Å². The van der Waals surface area contributed by atoms with Crippen molar-refractivity contribution in [2.24, 2.45) is 0 Å². The van der Waals surface area contributed by atoms with Gasteiger partial charge in [-0.05, 0) is 58.6 Å². The zero-order valence-electron chi connectivity index (χ0n) is 14.4. The van der Waals surface area contributed by atoms with Gasteiger partial charge in [-0.1, -0.05) is 6.42 Å². The van der Waals surface area contributed by atoms with Crippen LogP contribution in [0.15, 0.2) is 10.5 Å². The van der Waals surface area contributed by atoms with Crippen molar-refractivity contribution in [1.29, 1.82) is 0 Å². The Hall–Kier alpha value is -1.62. The Morgan fingerprint density at radius 3 is 2.61 bits per heavy atom. The van der Waals surface area contributed by atoms with E-state index in [0.29, 0.717) is 12.3 Å². The molecule has 0 bridgehead atoms. The first-order valence-corrected chi connectivity index (χ1v) is 9.02. The maximum absolute atomic E-state index is 11.8. The topological polar surface area (TPSA) is 52.3 Å². The minimum atomic E-state index is -0.309. The normalized spacial score (nSPS) is 11.0. The van der Waals surface area contributed by atoms with Crippen LogP contribution in [0, 0.1) is 20.8 Å². The number of carbonyl (C=O) groups excluding carboxylic acids is 1. The van der Waals surface area contributed by atoms with E-state index in [4.69, 9.17) is 9.15 Å². The van der Waals surface area contributed by atoms with Gasteiger partial charge >= 0.3 is 5.97 Å². The molecule has 0 atom stereocenters. The minimum Gasteiger partial charge on any atom is -0.466 e. The van der Waals surface area contributed by atoms with Gasteiger partial charge in [0, 0.05) is 11.3 Å². The number of carbonyl (C=O) groups is 1. The first-order valence-electron chi connectivity index (χ1n) is 8.20. The molecule has 0 aliphatic carbocycles. The highest BCUT2D eigenvalue weighted by atomic mass is 32.1. The van der Waals surface area contributed by atoms with E-state index in [1.165, 1.54) is 5.56 Å². The van der Waals surface area contributed by atoms with Crippen LogP contribution in [0.1, 0.15) is 63.6 Å². The van der Waals surface area contributed by atoms with Gasteiger partial charge in [-0.15, -0.1) is 11.3 Å². The Balaban J connectivity index is 1.74. The van der Waals surface area contributed by atoms with E-state index in [9.17, 15) is 4.79 Å². The van der Waals surface area contributed by atoms with Crippen LogP contribution in [0.3, 0.4) is 0 Å². The zero-order valence-corrected chi connectivity index (χ0v) is 15.2. The Bertz CT molecular complexity index is 638. The molecule has 0 N–H and O–H groups in total. The molecular weight excluding hydrogens is 310 g/mol. The summed E-state index contributed by atoms with van der Waals surface area (Å²) in [6, 6.07) is 2.13. The molecule has 0 saturated heterocycles. The summed E-state index contributed by atoms with van der Waals surface area (Å²) in [6.07, 6.45) is 5.22. The maximum Gasteiger partial charge on any atom is 0.358 e. The van der Waals surface area contributed by atoms with Crippen molar-refractivity contribution in [2.75, 3.05) is 6.61 Å². The molecule has 5 heteroatoms. The zero-order chi connectivity index (χ0) is 16.8. The summed E-state index contributed by atoms with van der Waals surface area (Å²) in [4.78, 5) is 17.1. The molecule has 4 nitrogen and oxygen atoms in total. The molecule has 0 spiro atoms. The summed E-state index contributed by atoms with van der Waals surface area (Å²) in [5.41, 5.74) is 1.71. The van der Waals surface area contributed by atoms with Crippen LogP contribution in [-0.4, -0.2) is 17.6 Å². The lowest BCUT2D eigenvalue weighted by molar-refractivity contribution is 0.0519. The molecule has 2 aromatic heterocycles. The second-order valence-electron chi connectivity index (χ2n) is 5.75. The van der Waals surface area contributed by atoms with Gasteiger partial charge < -0.3 is 9.15 Å². The molecule has 0 saturated carbocycles. The number of aryl methyl sites for hydroxylation is 5. The molecule has 0 unspecified atom stereocenters. The predicted octanol–water partition coefficient (Wildman–Crippen LogP) is 4.79.